The number of benzene rings is 1. The Morgan fingerprint density at radius 1 is 1.36 bits per heavy atom. The molecule has 0 aliphatic carbocycles. The zero-order valence-electron chi connectivity index (χ0n) is 7.51. The highest BCUT2D eigenvalue weighted by atomic mass is 19.4. The lowest BCUT2D eigenvalue weighted by Crippen LogP contribution is -2.21. The van der Waals surface area contributed by atoms with Gasteiger partial charge >= 0.3 is 6.18 Å². The summed E-state index contributed by atoms with van der Waals surface area (Å²) in [5.41, 5.74) is 0.700. The first-order valence-corrected chi connectivity index (χ1v) is 4.03. The third-order valence-electron chi connectivity index (χ3n) is 1.89. The van der Waals surface area contributed by atoms with Gasteiger partial charge in [0.2, 0.25) is 0 Å². The summed E-state index contributed by atoms with van der Waals surface area (Å²) in [7, 11) is 0. The summed E-state index contributed by atoms with van der Waals surface area (Å²) in [6.45, 7) is 1.68. The molecule has 0 aliphatic heterocycles. The van der Waals surface area contributed by atoms with Crippen molar-refractivity contribution in [2.75, 3.05) is 0 Å². The van der Waals surface area contributed by atoms with Crippen molar-refractivity contribution in [2.24, 2.45) is 0 Å². The van der Waals surface area contributed by atoms with Gasteiger partial charge in [0.1, 0.15) is 12.2 Å². The van der Waals surface area contributed by atoms with Crippen LogP contribution in [0.3, 0.4) is 0 Å². The second-order valence-corrected chi connectivity index (χ2v) is 3.07. The number of hydrogen-bond acceptors (Lipinski definition) is 1. The van der Waals surface area contributed by atoms with Gasteiger partial charge in [-0.05, 0) is 12.5 Å². The normalized spacial score (nSPS) is 13.7. The molecule has 1 unspecified atom stereocenters. The smallest absolute Gasteiger partial charge is 0.302 e. The molecule has 4 heteroatoms. The lowest BCUT2D eigenvalue weighted by Gasteiger charge is -2.14. The number of carbonyl (C=O) groups excluding carboxylic acids is 1. The Bertz CT molecular complexity index is 330. The van der Waals surface area contributed by atoms with Crippen molar-refractivity contribution in [3.63, 3.8) is 0 Å². The van der Waals surface area contributed by atoms with Gasteiger partial charge in [0.15, 0.2) is 0 Å². The van der Waals surface area contributed by atoms with E-state index in [-0.39, 0.29) is 11.8 Å². The molecule has 1 rings (SSSR count). The van der Waals surface area contributed by atoms with E-state index in [0.29, 0.717) is 5.56 Å². The van der Waals surface area contributed by atoms with E-state index in [9.17, 15) is 18.0 Å². The molecule has 76 valence electrons. The standard InChI is InChI=1S/C10H9F3O/c1-7-3-2-4-8(5-7)9(6-14)10(11,12)13/h2-6,9H,1H3. The Hall–Kier alpha value is -1.32. The van der Waals surface area contributed by atoms with Crippen LogP contribution >= 0.6 is 0 Å². The fourth-order valence-electron chi connectivity index (χ4n) is 1.21. The van der Waals surface area contributed by atoms with Crippen LogP contribution in [0.25, 0.3) is 0 Å². The number of halogens is 3. The summed E-state index contributed by atoms with van der Waals surface area (Å²) in [5, 5.41) is 0. The molecule has 0 aliphatic rings. The Kier molecular flexibility index (Phi) is 2.93. The van der Waals surface area contributed by atoms with E-state index in [2.05, 4.69) is 0 Å². The molecule has 0 heterocycles. The first kappa shape index (κ1) is 10.8. The van der Waals surface area contributed by atoms with Crippen molar-refractivity contribution >= 4 is 6.29 Å². The van der Waals surface area contributed by atoms with Gasteiger partial charge < -0.3 is 4.79 Å². The van der Waals surface area contributed by atoms with Crippen molar-refractivity contribution in [3.8, 4) is 0 Å². The zero-order chi connectivity index (χ0) is 10.8. The van der Waals surface area contributed by atoms with E-state index in [4.69, 9.17) is 0 Å². The molecular weight excluding hydrogens is 193 g/mol. The largest absolute Gasteiger partial charge is 0.402 e. The van der Waals surface area contributed by atoms with Crippen molar-refractivity contribution in [1.29, 1.82) is 0 Å². The van der Waals surface area contributed by atoms with Crippen LogP contribution < -0.4 is 0 Å². The second-order valence-electron chi connectivity index (χ2n) is 3.07. The summed E-state index contributed by atoms with van der Waals surface area (Å²) in [4.78, 5) is 10.3. The average Bonchev–Trinajstić information content (AvgIpc) is 2.02. The highest BCUT2D eigenvalue weighted by Crippen LogP contribution is 2.33. The molecule has 0 radical (unpaired) electrons. The van der Waals surface area contributed by atoms with Gasteiger partial charge in [-0.3, -0.25) is 0 Å². The molecule has 1 aromatic rings. The molecule has 0 N–H and O–H groups in total. The number of aldehydes is 1. The van der Waals surface area contributed by atoms with Gasteiger partial charge in [0, 0.05) is 0 Å². The topological polar surface area (TPSA) is 17.1 Å². The van der Waals surface area contributed by atoms with Crippen LogP contribution in [-0.4, -0.2) is 12.5 Å². The summed E-state index contributed by atoms with van der Waals surface area (Å²) in [6, 6.07) is 5.86. The van der Waals surface area contributed by atoms with Crippen LogP contribution in [0.15, 0.2) is 24.3 Å². The van der Waals surface area contributed by atoms with E-state index in [1.165, 1.54) is 18.2 Å². The number of aryl methyl sites for hydroxylation is 1. The van der Waals surface area contributed by atoms with Gasteiger partial charge in [-0.2, -0.15) is 13.2 Å². The van der Waals surface area contributed by atoms with Crippen LogP contribution in [-0.2, 0) is 4.79 Å². The second kappa shape index (κ2) is 3.82. The van der Waals surface area contributed by atoms with E-state index < -0.39 is 12.1 Å². The highest BCUT2D eigenvalue weighted by molar-refractivity contribution is 5.63. The molecule has 1 atom stereocenters. The fourth-order valence-corrected chi connectivity index (χ4v) is 1.21. The number of hydrogen-bond donors (Lipinski definition) is 0. The molecule has 0 fully saturated rings. The van der Waals surface area contributed by atoms with Crippen LogP contribution in [0.5, 0.6) is 0 Å². The lowest BCUT2D eigenvalue weighted by atomic mass is 9.98. The van der Waals surface area contributed by atoms with Crippen LogP contribution in [0.2, 0.25) is 0 Å². The predicted molar refractivity (Wildman–Crippen MR) is 46.0 cm³/mol. The summed E-state index contributed by atoms with van der Waals surface area (Å²) in [5.74, 6) is -2.01. The van der Waals surface area contributed by atoms with Gasteiger partial charge in [-0.25, -0.2) is 0 Å². The molecule has 0 amide bonds. The first-order valence-electron chi connectivity index (χ1n) is 4.03. The van der Waals surface area contributed by atoms with Crippen molar-refractivity contribution in [3.05, 3.63) is 35.4 Å². The first-order chi connectivity index (χ1) is 6.45. The summed E-state index contributed by atoms with van der Waals surface area (Å²) in [6.07, 6.45) is -4.58. The quantitative estimate of drug-likeness (QED) is 0.674. The number of rotatable bonds is 2. The summed E-state index contributed by atoms with van der Waals surface area (Å²) < 4.78 is 36.9. The average molecular weight is 202 g/mol. The third-order valence-corrected chi connectivity index (χ3v) is 1.89. The van der Waals surface area contributed by atoms with E-state index in [1.54, 1.807) is 13.0 Å². The Morgan fingerprint density at radius 2 is 2.00 bits per heavy atom. The Morgan fingerprint density at radius 3 is 2.43 bits per heavy atom. The van der Waals surface area contributed by atoms with Gasteiger partial charge in [-0.1, -0.05) is 29.8 Å². The molecule has 1 aromatic carbocycles. The maximum atomic E-state index is 12.3. The monoisotopic (exact) mass is 202 g/mol. The highest BCUT2D eigenvalue weighted by Gasteiger charge is 2.40. The van der Waals surface area contributed by atoms with Gasteiger partial charge in [0.25, 0.3) is 0 Å². The molecule has 0 aromatic heterocycles. The molecular formula is C10H9F3O. The van der Waals surface area contributed by atoms with Gasteiger partial charge in [0.05, 0.1) is 0 Å². The molecule has 0 spiro atoms. The van der Waals surface area contributed by atoms with Crippen LogP contribution in [0, 0.1) is 6.92 Å². The maximum Gasteiger partial charge on any atom is 0.402 e. The van der Waals surface area contributed by atoms with E-state index >= 15 is 0 Å². The lowest BCUT2D eigenvalue weighted by molar-refractivity contribution is -0.155. The minimum atomic E-state index is -4.50. The van der Waals surface area contributed by atoms with Crippen LogP contribution in [0.4, 0.5) is 13.2 Å². The minimum Gasteiger partial charge on any atom is -0.302 e. The van der Waals surface area contributed by atoms with E-state index in [0.717, 1.165) is 0 Å². The third kappa shape index (κ3) is 2.34. The maximum absolute atomic E-state index is 12.3. The molecule has 0 saturated heterocycles. The molecule has 1 nitrogen and oxygen atoms in total. The van der Waals surface area contributed by atoms with Crippen LogP contribution in [0.1, 0.15) is 17.0 Å². The van der Waals surface area contributed by atoms with Gasteiger partial charge in [-0.15, -0.1) is 0 Å². The minimum absolute atomic E-state index is 0.00694. The fraction of sp³-hybridized carbons (Fsp3) is 0.300. The molecule has 0 bridgehead atoms. The number of alkyl halides is 3. The number of carbonyl (C=O) groups is 1. The van der Waals surface area contributed by atoms with Crippen molar-refractivity contribution in [1.82, 2.24) is 0 Å². The summed E-state index contributed by atoms with van der Waals surface area (Å²) >= 11 is 0. The predicted octanol–water partition coefficient (Wildman–Crippen LogP) is 2.84. The van der Waals surface area contributed by atoms with Crippen molar-refractivity contribution in [2.45, 2.75) is 19.0 Å². The SMILES string of the molecule is Cc1cccc(C(C=O)C(F)(F)F)c1. The zero-order valence-corrected chi connectivity index (χ0v) is 7.51. The Labute approximate surface area is 79.5 Å². The Balaban J connectivity index is 3.07. The van der Waals surface area contributed by atoms with Crippen molar-refractivity contribution < 1.29 is 18.0 Å². The molecule has 14 heavy (non-hydrogen) atoms. The van der Waals surface area contributed by atoms with E-state index in [1.807, 2.05) is 0 Å². The molecule has 0 saturated carbocycles.